The molecule has 1 amide bonds. The molecule has 0 aliphatic carbocycles. The molecule has 2 unspecified atom stereocenters. The molecule has 0 aromatic heterocycles. The van der Waals surface area contributed by atoms with Crippen LogP contribution < -0.4 is 0 Å². The first-order valence-corrected chi connectivity index (χ1v) is 10.8. The van der Waals surface area contributed by atoms with E-state index in [4.69, 9.17) is 9.47 Å². The van der Waals surface area contributed by atoms with Gasteiger partial charge in [-0.05, 0) is 39.9 Å². The number of esters is 1. The van der Waals surface area contributed by atoms with Gasteiger partial charge >= 0.3 is 12.1 Å². The monoisotopic (exact) mass is 433 g/mol. The van der Waals surface area contributed by atoms with Gasteiger partial charge in [-0.3, -0.25) is 4.79 Å². The highest BCUT2D eigenvalue weighted by Gasteiger charge is 2.33. The maximum atomic E-state index is 11.6. The highest BCUT2D eigenvalue weighted by atomic mass is 16.5. The van der Waals surface area contributed by atoms with E-state index in [2.05, 4.69) is 30.3 Å². The molecule has 0 radical (unpaired) electrons. The first-order chi connectivity index (χ1) is 15.5. The van der Waals surface area contributed by atoms with Gasteiger partial charge in [-0.15, -0.1) is 0 Å². The van der Waals surface area contributed by atoms with Crippen LogP contribution in [-0.2, 0) is 27.3 Å². The van der Waals surface area contributed by atoms with Gasteiger partial charge in [0.2, 0.25) is 0 Å². The van der Waals surface area contributed by atoms with Crippen molar-refractivity contribution >= 4 is 22.8 Å². The van der Waals surface area contributed by atoms with Crippen LogP contribution in [-0.4, -0.2) is 48.4 Å². The van der Waals surface area contributed by atoms with E-state index in [1.807, 2.05) is 36.4 Å². The Balaban J connectivity index is 1.50. The highest BCUT2D eigenvalue weighted by molar-refractivity contribution is 5.82. The quantitative estimate of drug-likeness (QED) is 0.575. The Morgan fingerprint density at radius 1 is 1.00 bits per heavy atom. The Hall–Kier alpha value is -3.38. The van der Waals surface area contributed by atoms with E-state index in [1.165, 1.54) is 17.4 Å². The summed E-state index contributed by atoms with van der Waals surface area (Å²) in [5.41, 5.74) is 3.03. The molecule has 1 aliphatic heterocycles. The van der Waals surface area contributed by atoms with Gasteiger partial charge in [-0.25, -0.2) is 4.79 Å². The predicted molar refractivity (Wildman–Crippen MR) is 122 cm³/mol. The van der Waals surface area contributed by atoms with Crippen molar-refractivity contribution in [2.45, 2.75) is 31.5 Å². The third-order valence-corrected chi connectivity index (χ3v) is 6.09. The van der Waals surface area contributed by atoms with Gasteiger partial charge in [0.25, 0.3) is 0 Å². The molecule has 6 heteroatoms. The molecule has 0 bridgehead atoms. The van der Waals surface area contributed by atoms with Gasteiger partial charge in [-0.2, -0.15) is 0 Å². The van der Waals surface area contributed by atoms with Gasteiger partial charge in [0.15, 0.2) is 0 Å². The standard InChI is InChI=1S/C26H27NO5/c1-31-25(28)15-18-6-10-21(11-7-18)23-12-13-27(26(29)30)16-24(23)32-17-19-8-9-20-4-2-3-5-22(20)14-19/h2-11,14,23-24H,12-13,15-17H2,1H3,(H,29,30). The number of nitrogens with zero attached hydrogens (tertiary/aromatic N) is 1. The van der Waals surface area contributed by atoms with Crippen LogP contribution in [0.5, 0.6) is 0 Å². The van der Waals surface area contributed by atoms with E-state index < -0.39 is 6.09 Å². The molecule has 4 rings (SSSR count). The second-order valence-corrected chi connectivity index (χ2v) is 8.15. The average Bonchev–Trinajstić information content (AvgIpc) is 2.83. The number of fused-ring (bicyclic) bond motifs is 1. The lowest BCUT2D eigenvalue weighted by atomic mass is 9.86. The van der Waals surface area contributed by atoms with E-state index in [-0.39, 0.29) is 24.4 Å². The van der Waals surface area contributed by atoms with Crippen LogP contribution in [0.15, 0.2) is 66.7 Å². The van der Waals surface area contributed by atoms with E-state index in [0.717, 1.165) is 22.1 Å². The topological polar surface area (TPSA) is 76.1 Å². The molecule has 0 saturated carbocycles. The molecule has 0 spiro atoms. The average molecular weight is 434 g/mol. The van der Waals surface area contributed by atoms with Crippen LogP contribution in [0.2, 0.25) is 0 Å². The normalized spacial score (nSPS) is 18.5. The zero-order chi connectivity index (χ0) is 22.5. The molecule has 1 N–H and O–H groups in total. The SMILES string of the molecule is COC(=O)Cc1ccc(C2CCN(C(=O)O)CC2OCc2ccc3ccccc3c2)cc1. The van der Waals surface area contributed by atoms with E-state index in [0.29, 0.717) is 26.1 Å². The first-order valence-electron chi connectivity index (χ1n) is 10.8. The molecule has 6 nitrogen and oxygen atoms in total. The van der Waals surface area contributed by atoms with Crippen LogP contribution in [0.4, 0.5) is 4.79 Å². The van der Waals surface area contributed by atoms with Crippen molar-refractivity contribution in [3.05, 3.63) is 83.4 Å². The second kappa shape index (κ2) is 9.83. The number of hydrogen-bond donors (Lipinski definition) is 1. The predicted octanol–water partition coefficient (Wildman–Crippen LogP) is 4.61. The van der Waals surface area contributed by atoms with Crippen molar-refractivity contribution in [2.75, 3.05) is 20.2 Å². The molecule has 1 aliphatic rings. The lowest BCUT2D eigenvalue weighted by Crippen LogP contribution is -2.46. The third kappa shape index (κ3) is 5.08. The largest absolute Gasteiger partial charge is 0.469 e. The van der Waals surface area contributed by atoms with Gasteiger partial charge in [0, 0.05) is 12.5 Å². The van der Waals surface area contributed by atoms with E-state index in [1.54, 1.807) is 0 Å². The molecule has 3 aromatic carbocycles. The molecule has 3 aromatic rings. The summed E-state index contributed by atoms with van der Waals surface area (Å²) in [6, 6.07) is 22.3. The van der Waals surface area contributed by atoms with Crippen LogP contribution in [0.3, 0.4) is 0 Å². The lowest BCUT2D eigenvalue weighted by molar-refractivity contribution is -0.139. The fourth-order valence-electron chi connectivity index (χ4n) is 4.29. The zero-order valence-corrected chi connectivity index (χ0v) is 18.1. The maximum absolute atomic E-state index is 11.6. The summed E-state index contributed by atoms with van der Waals surface area (Å²) >= 11 is 0. The summed E-state index contributed by atoms with van der Waals surface area (Å²) in [6.07, 6.45) is -0.254. The molecule has 166 valence electrons. The number of hydrogen-bond acceptors (Lipinski definition) is 4. The molecular formula is C26H27NO5. The summed E-state index contributed by atoms with van der Waals surface area (Å²) in [7, 11) is 1.38. The Bertz CT molecular complexity index is 1090. The lowest BCUT2D eigenvalue weighted by Gasteiger charge is -2.37. The number of carbonyl (C=O) groups is 2. The summed E-state index contributed by atoms with van der Waals surface area (Å²) in [4.78, 5) is 24.5. The Kier molecular flexibility index (Phi) is 6.71. The number of ether oxygens (including phenoxy) is 2. The summed E-state index contributed by atoms with van der Waals surface area (Å²) in [5.74, 6) is -0.192. The second-order valence-electron chi connectivity index (χ2n) is 8.15. The van der Waals surface area contributed by atoms with Crippen molar-refractivity contribution in [1.82, 2.24) is 4.90 Å². The zero-order valence-electron chi connectivity index (χ0n) is 18.1. The molecular weight excluding hydrogens is 406 g/mol. The summed E-state index contributed by atoms with van der Waals surface area (Å²) in [6.45, 7) is 1.22. The number of amides is 1. The molecule has 1 fully saturated rings. The Morgan fingerprint density at radius 3 is 2.44 bits per heavy atom. The molecule has 1 heterocycles. The van der Waals surface area contributed by atoms with Crippen molar-refractivity contribution in [3.63, 3.8) is 0 Å². The van der Waals surface area contributed by atoms with Crippen molar-refractivity contribution in [1.29, 1.82) is 0 Å². The van der Waals surface area contributed by atoms with Gasteiger partial charge in [-0.1, -0.05) is 60.7 Å². The highest BCUT2D eigenvalue weighted by Crippen LogP contribution is 2.31. The van der Waals surface area contributed by atoms with Crippen LogP contribution in [0, 0.1) is 0 Å². The minimum Gasteiger partial charge on any atom is -0.469 e. The Morgan fingerprint density at radius 2 is 1.72 bits per heavy atom. The van der Waals surface area contributed by atoms with E-state index in [9.17, 15) is 14.7 Å². The minimum atomic E-state index is -0.920. The number of rotatable bonds is 6. The van der Waals surface area contributed by atoms with Gasteiger partial charge in [0.05, 0.1) is 32.8 Å². The smallest absolute Gasteiger partial charge is 0.407 e. The Labute approximate surface area is 187 Å². The van der Waals surface area contributed by atoms with Crippen LogP contribution >= 0.6 is 0 Å². The van der Waals surface area contributed by atoms with Gasteiger partial charge in [0.1, 0.15) is 0 Å². The molecule has 1 saturated heterocycles. The number of methoxy groups -OCH3 is 1. The van der Waals surface area contributed by atoms with Gasteiger partial charge < -0.3 is 19.5 Å². The van der Waals surface area contributed by atoms with Crippen molar-refractivity contribution in [3.8, 4) is 0 Å². The van der Waals surface area contributed by atoms with E-state index >= 15 is 0 Å². The number of piperidine rings is 1. The number of carboxylic acid groups (broad SMARTS) is 1. The number of carbonyl (C=O) groups excluding carboxylic acids is 1. The number of benzene rings is 3. The molecule has 32 heavy (non-hydrogen) atoms. The van der Waals surface area contributed by atoms with Crippen LogP contribution in [0.1, 0.15) is 29.0 Å². The fraction of sp³-hybridized carbons (Fsp3) is 0.308. The van der Waals surface area contributed by atoms with Crippen molar-refractivity contribution < 1.29 is 24.2 Å². The summed E-state index contributed by atoms with van der Waals surface area (Å²) < 4.78 is 11.0. The molecule has 2 atom stereocenters. The minimum absolute atomic E-state index is 0.0817. The maximum Gasteiger partial charge on any atom is 0.407 e. The number of likely N-dealkylation sites (tertiary alicyclic amines) is 1. The van der Waals surface area contributed by atoms with Crippen molar-refractivity contribution in [2.24, 2.45) is 0 Å². The third-order valence-electron chi connectivity index (χ3n) is 6.09. The summed E-state index contributed by atoms with van der Waals surface area (Å²) in [5, 5.41) is 11.8. The fourth-order valence-corrected chi connectivity index (χ4v) is 4.29. The first kappa shape index (κ1) is 21.8. The van der Waals surface area contributed by atoms with Crippen LogP contribution in [0.25, 0.3) is 10.8 Å².